The van der Waals surface area contributed by atoms with Crippen molar-refractivity contribution >= 4 is 63.1 Å². The van der Waals surface area contributed by atoms with Crippen molar-refractivity contribution in [2.24, 2.45) is 5.92 Å². The molecule has 4 N–H and O–H groups in total. The van der Waals surface area contributed by atoms with Crippen LogP contribution in [0.1, 0.15) is 65.7 Å². The Kier molecular flexibility index (Phi) is 8.01. The molecule has 2 aliphatic carbocycles. The summed E-state index contributed by atoms with van der Waals surface area (Å²) >= 11 is 13.7. The molecule has 2 aromatic rings. The third kappa shape index (κ3) is 5.50. The zero-order valence-electron chi connectivity index (χ0n) is 18.6. The van der Waals surface area contributed by atoms with Crippen LogP contribution >= 0.6 is 34.5 Å². The maximum Gasteiger partial charge on any atom is 0.326 e. The van der Waals surface area contributed by atoms with E-state index in [0.717, 1.165) is 68.2 Å². The largest absolute Gasteiger partial charge is 0.480 e. The Bertz CT molecular complexity index is 1080. The predicted molar refractivity (Wildman–Crippen MR) is 136 cm³/mol. The minimum Gasteiger partial charge on any atom is -0.480 e. The molecule has 2 aliphatic rings. The van der Waals surface area contributed by atoms with Gasteiger partial charge in [0.1, 0.15) is 11.0 Å². The molecule has 1 heterocycles. The lowest BCUT2D eigenvalue weighted by Gasteiger charge is -2.28. The van der Waals surface area contributed by atoms with Gasteiger partial charge >= 0.3 is 12.0 Å². The van der Waals surface area contributed by atoms with Crippen molar-refractivity contribution in [3.8, 4) is 0 Å². The first-order chi connectivity index (χ1) is 16.3. The second-order valence-corrected chi connectivity index (χ2v) is 10.7. The van der Waals surface area contributed by atoms with Crippen molar-refractivity contribution < 1.29 is 19.5 Å². The lowest BCUT2D eigenvalue weighted by atomic mass is 9.83. The van der Waals surface area contributed by atoms with Crippen molar-refractivity contribution in [3.63, 3.8) is 0 Å². The van der Waals surface area contributed by atoms with Crippen LogP contribution in [-0.2, 0) is 17.6 Å². The number of anilines is 2. The quantitative estimate of drug-likeness (QED) is 0.354. The number of carboxylic acid groups (broad SMARTS) is 1. The molecule has 0 unspecified atom stereocenters. The number of urea groups is 1. The van der Waals surface area contributed by atoms with Crippen molar-refractivity contribution in [2.75, 3.05) is 10.6 Å². The van der Waals surface area contributed by atoms with E-state index < -0.39 is 23.9 Å². The van der Waals surface area contributed by atoms with Gasteiger partial charge in [-0.25, -0.2) is 9.59 Å². The van der Waals surface area contributed by atoms with E-state index in [0.29, 0.717) is 20.6 Å². The van der Waals surface area contributed by atoms with Crippen LogP contribution in [-0.4, -0.2) is 29.1 Å². The number of amides is 3. The molecule has 7 nitrogen and oxygen atoms in total. The summed E-state index contributed by atoms with van der Waals surface area (Å²) in [6, 6.07) is 3.38. The second-order valence-electron chi connectivity index (χ2n) is 8.78. The average molecular weight is 524 g/mol. The molecule has 1 aromatic heterocycles. The number of aliphatic carboxylic acids is 1. The van der Waals surface area contributed by atoms with Crippen molar-refractivity contribution in [3.05, 3.63) is 44.2 Å². The first-order valence-corrected chi connectivity index (χ1v) is 13.1. The summed E-state index contributed by atoms with van der Waals surface area (Å²) in [5, 5.41) is 19.0. The van der Waals surface area contributed by atoms with Gasteiger partial charge in [-0.3, -0.25) is 10.1 Å². The van der Waals surface area contributed by atoms with Crippen molar-refractivity contribution in [1.82, 2.24) is 5.32 Å². The van der Waals surface area contributed by atoms with Crippen LogP contribution in [0.4, 0.5) is 15.5 Å². The van der Waals surface area contributed by atoms with Gasteiger partial charge in [-0.1, -0.05) is 48.5 Å². The number of para-hydroxylation sites is 1. The van der Waals surface area contributed by atoms with Gasteiger partial charge in [0.2, 0.25) is 0 Å². The van der Waals surface area contributed by atoms with Crippen LogP contribution in [0, 0.1) is 5.92 Å². The summed E-state index contributed by atoms with van der Waals surface area (Å²) in [5.41, 5.74) is 1.54. The van der Waals surface area contributed by atoms with Crippen LogP contribution in [0.2, 0.25) is 10.0 Å². The normalized spacial score (nSPS) is 16.9. The fraction of sp³-hybridized carbons (Fsp3) is 0.458. The highest BCUT2D eigenvalue weighted by Gasteiger charge is 2.34. The van der Waals surface area contributed by atoms with Crippen LogP contribution in [0.15, 0.2) is 18.2 Å². The number of carbonyl (C=O) groups excluding carboxylic acids is 2. The highest BCUT2D eigenvalue weighted by Crippen LogP contribution is 2.39. The van der Waals surface area contributed by atoms with E-state index in [4.69, 9.17) is 23.2 Å². The number of carboxylic acids is 1. The lowest BCUT2D eigenvalue weighted by Crippen LogP contribution is -2.46. The number of fused-ring (bicyclic) bond motifs is 1. The number of nitrogens with one attached hydrogen (secondary N) is 3. The van der Waals surface area contributed by atoms with Gasteiger partial charge in [0, 0.05) is 4.88 Å². The number of halogens is 2. The smallest absolute Gasteiger partial charge is 0.326 e. The molecular formula is C24H27Cl2N3O4S. The number of hydrogen-bond acceptors (Lipinski definition) is 4. The Balaban J connectivity index is 1.58. The van der Waals surface area contributed by atoms with Crippen LogP contribution in [0.5, 0.6) is 0 Å². The molecule has 34 heavy (non-hydrogen) atoms. The molecule has 0 bridgehead atoms. The lowest BCUT2D eigenvalue weighted by molar-refractivity contribution is -0.141. The van der Waals surface area contributed by atoms with E-state index >= 15 is 0 Å². The first kappa shape index (κ1) is 24.8. The highest BCUT2D eigenvalue weighted by molar-refractivity contribution is 7.17. The molecule has 4 rings (SSSR count). The van der Waals surface area contributed by atoms with Crippen molar-refractivity contribution in [2.45, 2.75) is 63.8 Å². The molecule has 1 saturated carbocycles. The number of benzene rings is 1. The molecule has 0 aliphatic heterocycles. The van der Waals surface area contributed by atoms with E-state index in [1.807, 2.05) is 0 Å². The third-order valence-electron chi connectivity index (χ3n) is 6.50. The molecule has 0 radical (unpaired) electrons. The van der Waals surface area contributed by atoms with E-state index in [-0.39, 0.29) is 11.6 Å². The average Bonchev–Trinajstić information content (AvgIpc) is 3.18. The maximum absolute atomic E-state index is 13.4. The van der Waals surface area contributed by atoms with Gasteiger partial charge < -0.3 is 15.7 Å². The predicted octanol–water partition coefficient (Wildman–Crippen LogP) is 6.34. The SMILES string of the molecule is O=C(Nc1sc2c(c1C(=O)N[C@H](C(=O)O)C1CCCCC1)CCCC2)Nc1c(Cl)cccc1Cl. The van der Waals surface area contributed by atoms with Gasteiger partial charge in [0.15, 0.2) is 0 Å². The van der Waals surface area contributed by atoms with Gasteiger partial charge in [0.05, 0.1) is 21.3 Å². The third-order valence-corrected chi connectivity index (χ3v) is 8.34. The number of carbonyl (C=O) groups is 3. The fourth-order valence-electron chi connectivity index (χ4n) is 4.82. The molecule has 10 heteroatoms. The Morgan fingerprint density at radius 1 is 0.971 bits per heavy atom. The minimum atomic E-state index is -1.02. The van der Waals surface area contributed by atoms with Gasteiger partial charge in [-0.05, 0) is 62.1 Å². The Labute approximate surface area is 212 Å². The van der Waals surface area contributed by atoms with Crippen LogP contribution < -0.4 is 16.0 Å². The molecule has 182 valence electrons. The van der Waals surface area contributed by atoms with Crippen LogP contribution in [0.25, 0.3) is 0 Å². The Morgan fingerprint density at radius 3 is 2.32 bits per heavy atom. The molecule has 1 atom stereocenters. The van der Waals surface area contributed by atoms with Crippen molar-refractivity contribution in [1.29, 1.82) is 0 Å². The summed E-state index contributed by atoms with van der Waals surface area (Å²) < 4.78 is 0. The monoisotopic (exact) mass is 523 g/mol. The second kappa shape index (κ2) is 11.0. The number of aryl methyl sites for hydroxylation is 1. The highest BCUT2D eigenvalue weighted by atomic mass is 35.5. The van der Waals surface area contributed by atoms with E-state index in [1.165, 1.54) is 11.3 Å². The molecule has 0 spiro atoms. The molecule has 1 aromatic carbocycles. The minimum absolute atomic E-state index is 0.0910. The molecular weight excluding hydrogens is 497 g/mol. The van der Waals surface area contributed by atoms with E-state index in [9.17, 15) is 19.5 Å². The summed E-state index contributed by atoms with van der Waals surface area (Å²) in [6.07, 6.45) is 8.08. The van der Waals surface area contributed by atoms with Gasteiger partial charge in [0.25, 0.3) is 5.91 Å². The van der Waals surface area contributed by atoms with E-state index in [2.05, 4.69) is 16.0 Å². The Hall–Kier alpha value is -2.29. The number of hydrogen-bond donors (Lipinski definition) is 4. The zero-order chi connectivity index (χ0) is 24.2. The zero-order valence-corrected chi connectivity index (χ0v) is 20.9. The summed E-state index contributed by atoms with van der Waals surface area (Å²) in [4.78, 5) is 39.3. The summed E-state index contributed by atoms with van der Waals surface area (Å²) in [5.74, 6) is -1.57. The molecule has 3 amide bonds. The van der Waals surface area contributed by atoms with E-state index in [1.54, 1.807) is 18.2 Å². The molecule has 1 fully saturated rings. The topological polar surface area (TPSA) is 108 Å². The first-order valence-electron chi connectivity index (χ1n) is 11.6. The number of rotatable bonds is 6. The summed E-state index contributed by atoms with van der Waals surface area (Å²) in [6.45, 7) is 0. The van der Waals surface area contributed by atoms with Crippen LogP contribution in [0.3, 0.4) is 0 Å². The fourth-order valence-corrected chi connectivity index (χ4v) is 6.60. The maximum atomic E-state index is 13.4. The standard InChI is InChI=1S/C24H27Cl2N3O4S/c25-15-10-6-11-16(26)20(15)28-24(33)29-22-18(14-9-4-5-12-17(14)34-22)21(30)27-19(23(31)32)13-7-2-1-3-8-13/h6,10-11,13,19H,1-5,7-9,12H2,(H,27,30)(H,31,32)(H2,28,29,33)/t19-/m0/s1. The molecule has 0 saturated heterocycles. The van der Waals surface area contributed by atoms with Gasteiger partial charge in [-0.2, -0.15) is 0 Å². The number of thiophene rings is 1. The van der Waals surface area contributed by atoms with Gasteiger partial charge in [-0.15, -0.1) is 11.3 Å². The summed E-state index contributed by atoms with van der Waals surface area (Å²) in [7, 11) is 0. The Morgan fingerprint density at radius 2 is 1.65 bits per heavy atom.